The molecule has 0 aromatic heterocycles. The van der Waals surface area contributed by atoms with E-state index in [4.69, 9.17) is 0 Å². The third kappa shape index (κ3) is 33.7. The van der Waals surface area contributed by atoms with Crippen molar-refractivity contribution in [1.82, 2.24) is 0 Å². The molecule has 0 radical (unpaired) electrons. The molecular weight excluding hydrogens is 831 g/mol. The summed E-state index contributed by atoms with van der Waals surface area (Å²) >= 11 is 0. The van der Waals surface area contributed by atoms with E-state index in [1.807, 2.05) is 111 Å². The van der Waals surface area contributed by atoms with Crippen molar-refractivity contribution < 1.29 is 0 Å². The van der Waals surface area contributed by atoms with E-state index in [0.717, 1.165) is 24.2 Å². The summed E-state index contributed by atoms with van der Waals surface area (Å²) in [7, 11) is 0. The van der Waals surface area contributed by atoms with Gasteiger partial charge in [-0.15, -0.1) is 0 Å². The van der Waals surface area contributed by atoms with Gasteiger partial charge in [-0.3, -0.25) is 0 Å². The summed E-state index contributed by atoms with van der Waals surface area (Å²) in [4.78, 5) is 2.40. The molecule has 0 unspecified atom stereocenters. The second-order valence-corrected chi connectivity index (χ2v) is 13.9. The highest BCUT2D eigenvalue weighted by Gasteiger charge is 2.17. The summed E-state index contributed by atoms with van der Waals surface area (Å²) in [5, 5.41) is 0. The average molecular weight is 939 g/mol. The monoisotopic (exact) mass is 938 g/mol. The fourth-order valence-corrected chi connectivity index (χ4v) is 5.54. The summed E-state index contributed by atoms with van der Waals surface area (Å²) in [6.45, 7) is 47.0. The second-order valence-electron chi connectivity index (χ2n) is 13.9. The quantitative estimate of drug-likeness (QED) is 0.126. The van der Waals surface area contributed by atoms with E-state index in [-0.39, 0.29) is 0 Å². The molecule has 0 bridgehead atoms. The molecule has 0 saturated carbocycles. The Morgan fingerprint density at radius 2 is 0.551 bits per heavy atom. The first-order chi connectivity index (χ1) is 33.8. The van der Waals surface area contributed by atoms with E-state index in [0.29, 0.717) is 0 Å². The largest absolute Gasteiger partial charge is 0.314 e. The summed E-state index contributed by atoms with van der Waals surface area (Å²) in [6, 6.07) is 43.7. The molecule has 6 rings (SSSR count). The number of hydrogen-bond acceptors (Lipinski definition) is 1. The van der Waals surface area contributed by atoms with Crippen molar-refractivity contribution in [3.63, 3.8) is 0 Å². The Labute approximate surface area is 431 Å². The maximum atomic E-state index is 2.40. The zero-order chi connectivity index (χ0) is 53.8. The van der Waals surface area contributed by atoms with Gasteiger partial charge in [0.05, 0.1) is 0 Å². The lowest BCUT2D eigenvalue weighted by Crippen LogP contribution is -2.17. The van der Waals surface area contributed by atoms with E-state index in [1.54, 1.807) is 0 Å². The van der Waals surface area contributed by atoms with Gasteiger partial charge < -0.3 is 4.90 Å². The molecule has 69 heavy (non-hydrogen) atoms. The van der Waals surface area contributed by atoms with Crippen LogP contribution in [0.25, 0.3) is 30.4 Å². The van der Waals surface area contributed by atoms with Crippen molar-refractivity contribution in [2.24, 2.45) is 0 Å². The highest BCUT2D eigenvalue weighted by atomic mass is 15.1. The van der Waals surface area contributed by atoms with Crippen LogP contribution in [0.4, 0.5) is 11.4 Å². The molecule has 0 fully saturated rings. The molecule has 0 spiro atoms. The van der Waals surface area contributed by atoms with Crippen LogP contribution in [0.3, 0.4) is 0 Å². The second kappa shape index (κ2) is 53.6. The van der Waals surface area contributed by atoms with Gasteiger partial charge in [0, 0.05) is 17.1 Å². The number of allylic oxidation sites excluding steroid dienone is 5. The van der Waals surface area contributed by atoms with E-state index < -0.39 is 0 Å². The molecule has 0 heterocycles. The van der Waals surface area contributed by atoms with Crippen LogP contribution in [0.1, 0.15) is 215 Å². The van der Waals surface area contributed by atoms with Crippen molar-refractivity contribution in [2.45, 2.75) is 191 Å². The first kappa shape index (κ1) is 72.6. The summed E-state index contributed by atoms with van der Waals surface area (Å²) in [5.74, 6) is 0. The van der Waals surface area contributed by atoms with Gasteiger partial charge in [-0.25, -0.2) is 0 Å². The molecule has 0 aliphatic heterocycles. The van der Waals surface area contributed by atoms with Gasteiger partial charge in [0.15, 0.2) is 0 Å². The SMILES string of the molecule is CC.CC.CC.CC.CC.CC.CC.CC.CCC.CCCC.Cc1ccc(/C=C/C2=CC=C(N(c3ccc(/C=C/c4ccc(C)cc4)cc3)c3ccc(/C=C/c4ccc(C)cc4)cc3)CC2)cc1. The van der Waals surface area contributed by atoms with Crippen LogP contribution in [0.15, 0.2) is 151 Å². The Morgan fingerprint density at radius 3 is 0.768 bits per heavy atom. The normalized spacial score (nSPS) is 10.3. The van der Waals surface area contributed by atoms with Gasteiger partial charge in [0.1, 0.15) is 0 Å². The predicted molar refractivity (Wildman–Crippen MR) is 328 cm³/mol. The third-order valence-corrected chi connectivity index (χ3v) is 8.91. The van der Waals surface area contributed by atoms with Gasteiger partial charge in [0.25, 0.3) is 0 Å². The smallest absolute Gasteiger partial charge is 0.0458 e. The maximum Gasteiger partial charge on any atom is 0.0458 e. The minimum absolute atomic E-state index is 0.966. The summed E-state index contributed by atoms with van der Waals surface area (Å²) in [5.41, 5.74) is 14.8. The number of anilines is 2. The van der Waals surface area contributed by atoms with Crippen LogP contribution < -0.4 is 4.90 Å². The van der Waals surface area contributed by atoms with Crippen molar-refractivity contribution in [1.29, 1.82) is 0 Å². The fraction of sp³-hybridized carbons (Fsp3) is 0.412. The van der Waals surface area contributed by atoms with Crippen LogP contribution in [-0.4, -0.2) is 0 Å². The van der Waals surface area contributed by atoms with Crippen molar-refractivity contribution >= 4 is 41.8 Å². The number of nitrogens with zero attached hydrogens (tertiary/aromatic N) is 1. The highest BCUT2D eigenvalue weighted by Crippen LogP contribution is 2.35. The van der Waals surface area contributed by atoms with Crippen LogP contribution in [0.5, 0.6) is 0 Å². The topological polar surface area (TPSA) is 3.24 Å². The number of unbranched alkanes of at least 4 members (excludes halogenated alkanes) is 1. The van der Waals surface area contributed by atoms with Crippen molar-refractivity contribution in [2.75, 3.05) is 4.90 Å². The molecule has 5 aromatic rings. The molecule has 1 nitrogen and oxygen atoms in total. The van der Waals surface area contributed by atoms with Gasteiger partial charge >= 0.3 is 0 Å². The Hall–Kier alpha value is -5.40. The Bertz CT molecular complexity index is 1850. The molecule has 0 N–H and O–H groups in total. The van der Waals surface area contributed by atoms with Crippen molar-refractivity contribution in [3.8, 4) is 0 Å². The van der Waals surface area contributed by atoms with Gasteiger partial charge in [-0.1, -0.05) is 314 Å². The molecule has 0 atom stereocenters. The number of hydrogen-bond donors (Lipinski definition) is 0. The maximum absolute atomic E-state index is 2.40. The summed E-state index contributed by atoms with van der Waals surface area (Å²) < 4.78 is 0. The Balaban J connectivity index is -0.000000515. The average Bonchev–Trinajstić information content (AvgIpc) is 3.44. The first-order valence-corrected chi connectivity index (χ1v) is 27.5. The molecule has 5 aromatic carbocycles. The summed E-state index contributed by atoms with van der Waals surface area (Å²) in [6.07, 6.45) is 23.6. The number of rotatable bonds is 10. The molecule has 1 aliphatic carbocycles. The van der Waals surface area contributed by atoms with E-state index >= 15 is 0 Å². The van der Waals surface area contributed by atoms with E-state index in [2.05, 4.69) is 223 Å². The predicted octanol–water partition coefficient (Wildman–Crippen LogP) is 23.8. The van der Waals surface area contributed by atoms with Gasteiger partial charge in [-0.2, -0.15) is 0 Å². The molecule has 1 aliphatic rings. The lowest BCUT2D eigenvalue weighted by molar-refractivity contribution is 0.886. The minimum Gasteiger partial charge on any atom is -0.314 e. The van der Waals surface area contributed by atoms with E-state index in [9.17, 15) is 0 Å². The Kier molecular flexibility index (Phi) is 56.3. The lowest BCUT2D eigenvalue weighted by Gasteiger charge is -2.30. The zero-order valence-corrected chi connectivity index (χ0v) is 49.1. The fourth-order valence-electron chi connectivity index (χ4n) is 5.54. The van der Waals surface area contributed by atoms with E-state index in [1.165, 1.54) is 75.0 Å². The van der Waals surface area contributed by atoms with Crippen LogP contribution >= 0.6 is 0 Å². The number of aryl methyl sites for hydroxylation is 3. The minimum atomic E-state index is 0.966. The van der Waals surface area contributed by atoms with Gasteiger partial charge in [0.2, 0.25) is 0 Å². The molecule has 1 heteroatoms. The zero-order valence-electron chi connectivity index (χ0n) is 49.1. The highest BCUT2D eigenvalue weighted by molar-refractivity contribution is 5.76. The molecule has 0 amide bonds. The number of benzene rings is 5. The van der Waals surface area contributed by atoms with Crippen molar-refractivity contribution in [3.05, 3.63) is 195 Å². The Morgan fingerprint density at radius 1 is 0.319 bits per heavy atom. The third-order valence-electron chi connectivity index (χ3n) is 8.91. The molecule has 384 valence electrons. The molecular formula is C68H107N. The standard InChI is InChI=1S/C45H41N.C4H10.C3H8.8C2H6/c1-34-4-10-37(11-5-34)16-19-40-22-28-43(29-23-40)46(44-30-24-41(25-31-44)20-17-38-12-6-35(2)7-13-38)45-32-26-42(27-33-45)21-18-39-14-8-36(3)9-15-39;1-3-4-2;1-3-2;8*1-2/h4-26,28-32H,27,33H2,1-3H3;3-4H2,1-2H3;3H2,1-2H3;8*1-2H3/b19-16+,20-17+,21-18+;;;;;;;;;;. The van der Waals surface area contributed by atoms with Gasteiger partial charge in [-0.05, 0) is 97.3 Å². The van der Waals surface area contributed by atoms with Crippen LogP contribution in [0.2, 0.25) is 0 Å². The van der Waals surface area contributed by atoms with Crippen LogP contribution in [0, 0.1) is 20.8 Å². The lowest BCUT2D eigenvalue weighted by atomic mass is 9.99. The first-order valence-electron chi connectivity index (χ1n) is 27.5. The molecule has 0 saturated heterocycles. The van der Waals surface area contributed by atoms with Crippen LogP contribution in [-0.2, 0) is 0 Å².